The first kappa shape index (κ1) is 15.9. The fourth-order valence-corrected chi connectivity index (χ4v) is 1.97. The Morgan fingerprint density at radius 3 is 2.65 bits per heavy atom. The van der Waals surface area contributed by atoms with E-state index in [-0.39, 0.29) is 11.3 Å². The number of benzene rings is 1. The second-order valence-corrected chi connectivity index (χ2v) is 4.41. The molecule has 1 aromatic carbocycles. The zero-order chi connectivity index (χ0) is 15.0. The summed E-state index contributed by atoms with van der Waals surface area (Å²) >= 11 is 0. The Morgan fingerprint density at radius 2 is 2.10 bits per heavy atom. The maximum atomic E-state index is 10.7. The molecule has 0 aliphatic heterocycles. The van der Waals surface area contributed by atoms with E-state index in [1.54, 1.807) is 6.07 Å². The Hall–Kier alpha value is -2.13. The number of nitrogens with one attached hydrogen (secondary N) is 1. The molecule has 0 aliphatic carbocycles. The molecule has 0 spiro atoms. The molecule has 0 saturated heterocycles. The van der Waals surface area contributed by atoms with Gasteiger partial charge in [0.1, 0.15) is 11.6 Å². The number of rotatable bonds is 8. The molecule has 0 fully saturated rings. The first-order chi connectivity index (χ1) is 9.62. The van der Waals surface area contributed by atoms with Crippen molar-refractivity contribution in [3.63, 3.8) is 0 Å². The highest BCUT2D eigenvalue weighted by molar-refractivity contribution is 5.58. The molecule has 1 rings (SSSR count). The van der Waals surface area contributed by atoms with Crippen LogP contribution in [0.25, 0.3) is 0 Å². The molecule has 0 saturated carbocycles. The summed E-state index contributed by atoms with van der Waals surface area (Å²) in [7, 11) is 0. The highest BCUT2D eigenvalue weighted by Gasteiger charge is 2.13. The smallest absolute Gasteiger partial charge is 0.287 e. The summed E-state index contributed by atoms with van der Waals surface area (Å²) in [5.41, 5.74) is 0.677. The topological polar surface area (TPSA) is 82.2 Å². The van der Waals surface area contributed by atoms with Crippen LogP contribution in [0.15, 0.2) is 18.2 Å². The maximum absolute atomic E-state index is 10.7. The zero-order valence-corrected chi connectivity index (χ0v) is 11.9. The molecule has 1 aromatic rings. The van der Waals surface area contributed by atoms with Crippen molar-refractivity contribution in [1.29, 1.82) is 5.26 Å². The van der Waals surface area contributed by atoms with Crippen molar-refractivity contribution in [2.24, 2.45) is 0 Å². The number of anilines is 1. The largest absolute Gasteiger partial charge is 0.385 e. The first-order valence-corrected chi connectivity index (χ1v) is 6.77. The Morgan fingerprint density at radius 1 is 1.40 bits per heavy atom. The predicted octanol–water partition coefficient (Wildman–Crippen LogP) is 2.61. The lowest BCUT2D eigenvalue weighted by atomic mass is 10.1. The van der Waals surface area contributed by atoms with E-state index in [0.717, 1.165) is 38.3 Å². The van der Waals surface area contributed by atoms with Crippen molar-refractivity contribution in [2.75, 3.05) is 31.5 Å². The van der Waals surface area contributed by atoms with Crippen LogP contribution in [0.2, 0.25) is 0 Å². The first-order valence-electron chi connectivity index (χ1n) is 6.77. The molecule has 6 heteroatoms. The van der Waals surface area contributed by atoms with Gasteiger partial charge >= 0.3 is 0 Å². The summed E-state index contributed by atoms with van der Waals surface area (Å²) in [6.07, 6.45) is 0.987. The van der Waals surface area contributed by atoms with Crippen LogP contribution in [0.5, 0.6) is 0 Å². The van der Waals surface area contributed by atoms with Gasteiger partial charge in [0.25, 0.3) is 5.69 Å². The van der Waals surface area contributed by atoms with Gasteiger partial charge in [0.05, 0.1) is 4.92 Å². The van der Waals surface area contributed by atoms with Crippen molar-refractivity contribution in [1.82, 2.24) is 4.90 Å². The van der Waals surface area contributed by atoms with Gasteiger partial charge in [-0.15, -0.1) is 0 Å². The average molecular weight is 276 g/mol. The van der Waals surface area contributed by atoms with Crippen LogP contribution in [0.3, 0.4) is 0 Å². The van der Waals surface area contributed by atoms with Crippen molar-refractivity contribution in [2.45, 2.75) is 20.3 Å². The van der Waals surface area contributed by atoms with Gasteiger partial charge in [-0.05, 0) is 38.2 Å². The molecule has 0 atom stereocenters. The summed E-state index contributed by atoms with van der Waals surface area (Å²) in [6, 6.07) is 6.38. The summed E-state index contributed by atoms with van der Waals surface area (Å²) in [4.78, 5) is 12.5. The molecule has 0 heterocycles. The lowest BCUT2D eigenvalue weighted by Crippen LogP contribution is -2.25. The fraction of sp³-hybridized carbons (Fsp3) is 0.500. The molecular weight excluding hydrogens is 256 g/mol. The minimum atomic E-state index is -0.539. The second-order valence-electron chi connectivity index (χ2n) is 4.41. The Kier molecular flexibility index (Phi) is 6.47. The van der Waals surface area contributed by atoms with Gasteiger partial charge in [0, 0.05) is 18.3 Å². The van der Waals surface area contributed by atoms with E-state index in [0.29, 0.717) is 0 Å². The van der Waals surface area contributed by atoms with Gasteiger partial charge in [-0.25, -0.2) is 0 Å². The molecule has 0 radical (unpaired) electrons. The highest BCUT2D eigenvalue weighted by atomic mass is 16.6. The van der Waals surface area contributed by atoms with E-state index in [2.05, 4.69) is 24.1 Å². The molecule has 0 amide bonds. The predicted molar refractivity (Wildman–Crippen MR) is 78.7 cm³/mol. The third-order valence-corrected chi connectivity index (χ3v) is 3.19. The van der Waals surface area contributed by atoms with Gasteiger partial charge in [-0.1, -0.05) is 13.8 Å². The molecule has 0 aliphatic rings. The molecule has 20 heavy (non-hydrogen) atoms. The van der Waals surface area contributed by atoms with Crippen LogP contribution in [-0.2, 0) is 0 Å². The minimum Gasteiger partial charge on any atom is -0.385 e. The van der Waals surface area contributed by atoms with Crippen LogP contribution in [-0.4, -0.2) is 36.0 Å². The van der Waals surface area contributed by atoms with Crippen molar-refractivity contribution < 1.29 is 4.92 Å². The van der Waals surface area contributed by atoms with Gasteiger partial charge in [-0.2, -0.15) is 5.26 Å². The van der Waals surface area contributed by atoms with Gasteiger partial charge in [0.15, 0.2) is 0 Å². The summed E-state index contributed by atoms with van der Waals surface area (Å²) < 4.78 is 0. The molecule has 0 aromatic heterocycles. The van der Waals surface area contributed by atoms with E-state index in [4.69, 9.17) is 5.26 Å². The Bertz CT molecular complexity index is 492. The van der Waals surface area contributed by atoms with Crippen molar-refractivity contribution >= 4 is 11.4 Å². The molecule has 0 unspecified atom stereocenters. The van der Waals surface area contributed by atoms with E-state index < -0.39 is 4.92 Å². The second kappa shape index (κ2) is 8.12. The summed E-state index contributed by atoms with van der Waals surface area (Å²) in [5, 5.41) is 22.8. The Balaban J connectivity index is 2.53. The van der Waals surface area contributed by atoms with Crippen LogP contribution in [0.4, 0.5) is 11.4 Å². The quantitative estimate of drug-likeness (QED) is 0.448. The van der Waals surface area contributed by atoms with E-state index in [9.17, 15) is 10.1 Å². The van der Waals surface area contributed by atoms with E-state index in [1.807, 2.05) is 6.07 Å². The molecular formula is C14H20N4O2. The fourth-order valence-electron chi connectivity index (χ4n) is 1.97. The summed E-state index contributed by atoms with van der Waals surface area (Å²) in [6.45, 7) is 8.12. The van der Waals surface area contributed by atoms with Crippen molar-refractivity contribution in [3.8, 4) is 6.07 Å². The van der Waals surface area contributed by atoms with Gasteiger partial charge in [-0.3, -0.25) is 10.1 Å². The summed E-state index contributed by atoms with van der Waals surface area (Å²) in [5.74, 6) is 0. The van der Waals surface area contributed by atoms with Crippen LogP contribution < -0.4 is 5.32 Å². The van der Waals surface area contributed by atoms with E-state index in [1.165, 1.54) is 12.1 Å². The number of hydrogen-bond donors (Lipinski definition) is 1. The third-order valence-electron chi connectivity index (χ3n) is 3.19. The van der Waals surface area contributed by atoms with Gasteiger partial charge < -0.3 is 10.2 Å². The lowest BCUT2D eigenvalue weighted by molar-refractivity contribution is -0.385. The van der Waals surface area contributed by atoms with Crippen LogP contribution in [0, 0.1) is 21.4 Å². The average Bonchev–Trinajstić information content (AvgIpc) is 2.47. The maximum Gasteiger partial charge on any atom is 0.287 e. The monoisotopic (exact) mass is 276 g/mol. The SMILES string of the molecule is CCN(CC)CCCNc1ccc([N+](=O)[O-])c(C#N)c1. The highest BCUT2D eigenvalue weighted by Crippen LogP contribution is 2.21. The van der Waals surface area contributed by atoms with Gasteiger partial charge in [0.2, 0.25) is 0 Å². The Labute approximate surface area is 119 Å². The third kappa shape index (κ3) is 4.52. The molecule has 1 N–H and O–H groups in total. The number of hydrogen-bond acceptors (Lipinski definition) is 5. The number of nitrogens with zero attached hydrogens (tertiary/aromatic N) is 3. The number of nitro groups is 1. The lowest BCUT2D eigenvalue weighted by Gasteiger charge is -2.17. The van der Waals surface area contributed by atoms with E-state index >= 15 is 0 Å². The standard InChI is InChI=1S/C14H20N4O2/c1-3-17(4-2)9-5-8-16-13-6-7-14(18(19)20)12(10-13)11-15/h6-7,10,16H,3-5,8-9H2,1-2H3. The van der Waals surface area contributed by atoms with Crippen LogP contribution in [0.1, 0.15) is 25.8 Å². The number of nitro benzene ring substituents is 1. The molecule has 0 bridgehead atoms. The van der Waals surface area contributed by atoms with Crippen LogP contribution >= 0.6 is 0 Å². The normalized spacial score (nSPS) is 10.3. The minimum absolute atomic E-state index is 0.0868. The number of nitriles is 1. The zero-order valence-electron chi connectivity index (χ0n) is 11.9. The molecule has 6 nitrogen and oxygen atoms in total. The molecule has 108 valence electrons. The van der Waals surface area contributed by atoms with Crippen molar-refractivity contribution in [3.05, 3.63) is 33.9 Å².